The summed E-state index contributed by atoms with van der Waals surface area (Å²) in [6, 6.07) is 8.58. The number of benzene rings is 1. The largest absolute Gasteiger partial charge is 0.481 e. The van der Waals surface area contributed by atoms with Gasteiger partial charge in [0.2, 0.25) is 0 Å². The van der Waals surface area contributed by atoms with Gasteiger partial charge in [0.1, 0.15) is 5.69 Å². The van der Waals surface area contributed by atoms with Crippen molar-refractivity contribution in [1.29, 1.82) is 0 Å². The summed E-state index contributed by atoms with van der Waals surface area (Å²) in [4.78, 5) is 27.3. The molecule has 2 rings (SSSR count). The minimum atomic E-state index is -1.26. The third-order valence-electron chi connectivity index (χ3n) is 4.07. The summed E-state index contributed by atoms with van der Waals surface area (Å²) in [5, 5.41) is 8.91. The molecule has 0 fully saturated rings. The van der Waals surface area contributed by atoms with Gasteiger partial charge in [0, 0.05) is 21.0 Å². The number of carbonyl (C=O) groups excluding carboxylic acids is 1. The number of esters is 1. The van der Waals surface area contributed by atoms with E-state index in [-0.39, 0.29) is 12.4 Å². The maximum Gasteiger partial charge on any atom is 0.356 e. The summed E-state index contributed by atoms with van der Waals surface area (Å²) in [7, 11) is -1.26. The number of aliphatic carboxylic acids is 1. The Morgan fingerprint density at radius 1 is 1.19 bits per heavy atom. The number of nitrogens with zero attached hydrogens (tertiary/aromatic N) is 2. The number of carboxylic acids is 1. The number of hydrogen-bond acceptors (Lipinski definition) is 4. The summed E-state index contributed by atoms with van der Waals surface area (Å²) >= 11 is 0. The van der Waals surface area contributed by atoms with Crippen molar-refractivity contribution in [3.63, 3.8) is 0 Å². The highest BCUT2D eigenvalue weighted by atomic mass is 28.3. The van der Waals surface area contributed by atoms with Crippen molar-refractivity contribution >= 4 is 20.0 Å². The van der Waals surface area contributed by atoms with Gasteiger partial charge in [-0.15, -0.1) is 0 Å². The first-order valence-corrected chi connectivity index (χ1v) is 12.4. The Morgan fingerprint density at radius 2 is 1.88 bits per heavy atom. The van der Waals surface area contributed by atoms with Crippen LogP contribution >= 0.6 is 0 Å². The van der Waals surface area contributed by atoms with Gasteiger partial charge in [0.15, 0.2) is 0 Å². The fraction of sp³-hybridized carbons (Fsp3) is 0.421. The van der Waals surface area contributed by atoms with Gasteiger partial charge in [-0.25, -0.2) is 9.78 Å². The zero-order valence-electron chi connectivity index (χ0n) is 15.6. The molecule has 1 aromatic carbocycles. The molecule has 0 aliphatic carbocycles. The molecule has 0 unspecified atom stereocenters. The van der Waals surface area contributed by atoms with Crippen LogP contribution in [0.2, 0.25) is 25.7 Å². The van der Waals surface area contributed by atoms with Gasteiger partial charge in [-0.05, 0) is 23.6 Å². The molecule has 0 aliphatic heterocycles. The van der Waals surface area contributed by atoms with Gasteiger partial charge in [0.05, 0.1) is 19.1 Å². The number of carbonyl (C=O) groups is 2. The molecule has 1 N–H and O–H groups in total. The Bertz CT molecular complexity index is 765. The Labute approximate surface area is 154 Å². The van der Waals surface area contributed by atoms with E-state index in [1.165, 1.54) is 6.20 Å². The number of imidazole rings is 1. The van der Waals surface area contributed by atoms with Gasteiger partial charge in [-0.2, -0.15) is 0 Å². The number of aromatic nitrogens is 2. The molecule has 0 atom stereocenters. The van der Waals surface area contributed by atoms with Gasteiger partial charge in [-0.1, -0.05) is 43.9 Å². The molecule has 0 bridgehead atoms. The summed E-state index contributed by atoms with van der Waals surface area (Å²) < 4.78 is 7.15. The van der Waals surface area contributed by atoms with Gasteiger partial charge in [-0.3, -0.25) is 4.79 Å². The lowest BCUT2D eigenvalue weighted by Gasteiger charge is -2.16. The first-order valence-electron chi connectivity index (χ1n) is 8.72. The molecule has 0 spiro atoms. The maximum absolute atomic E-state index is 12.4. The second-order valence-corrected chi connectivity index (χ2v) is 13.1. The van der Waals surface area contributed by atoms with E-state index in [0.29, 0.717) is 25.3 Å². The Balaban J connectivity index is 2.07. The van der Waals surface area contributed by atoms with Crippen LogP contribution in [0, 0.1) is 0 Å². The van der Waals surface area contributed by atoms with Crippen LogP contribution in [0.1, 0.15) is 28.0 Å². The van der Waals surface area contributed by atoms with Crippen LogP contribution < -0.4 is 0 Å². The highest BCUT2D eigenvalue weighted by molar-refractivity contribution is 6.76. The lowest BCUT2D eigenvalue weighted by atomic mass is 10.0. The van der Waals surface area contributed by atoms with E-state index in [9.17, 15) is 9.59 Å². The van der Waals surface area contributed by atoms with Gasteiger partial charge < -0.3 is 14.4 Å². The quantitative estimate of drug-likeness (QED) is 0.537. The molecule has 0 aliphatic rings. The van der Waals surface area contributed by atoms with E-state index in [1.807, 2.05) is 24.3 Å². The molecule has 1 heterocycles. The van der Waals surface area contributed by atoms with Crippen LogP contribution in [0.3, 0.4) is 0 Å². The number of rotatable bonds is 9. The summed E-state index contributed by atoms with van der Waals surface area (Å²) in [5.41, 5.74) is 2.35. The predicted molar refractivity (Wildman–Crippen MR) is 102 cm³/mol. The molecular formula is C19H26N2O4Si. The summed E-state index contributed by atoms with van der Waals surface area (Å²) in [6.07, 6.45) is 3.64. The number of hydrogen-bond donors (Lipinski definition) is 1. The molecule has 26 heavy (non-hydrogen) atoms. The second-order valence-electron chi connectivity index (χ2n) is 7.52. The van der Waals surface area contributed by atoms with Crippen LogP contribution in [0.4, 0.5) is 0 Å². The van der Waals surface area contributed by atoms with E-state index in [2.05, 4.69) is 24.6 Å². The predicted octanol–water partition coefficient (Wildman–Crippen LogP) is 3.44. The molecule has 0 saturated carbocycles. The molecule has 0 amide bonds. The minimum absolute atomic E-state index is 0.0759. The zero-order valence-corrected chi connectivity index (χ0v) is 16.6. The highest BCUT2D eigenvalue weighted by Gasteiger charge is 2.17. The standard InChI is InChI=1S/C19H26N2O4Si/c1-26(2,3)11-10-25-19(24)17-12-20-14-21(17)13-16-7-5-4-6-15(16)8-9-18(22)23/h4-7,12,14H,8-11,13H2,1-3H3,(H,22,23). The van der Waals surface area contributed by atoms with Gasteiger partial charge in [0.25, 0.3) is 0 Å². The second kappa shape index (κ2) is 8.80. The van der Waals surface area contributed by atoms with E-state index >= 15 is 0 Å². The van der Waals surface area contributed by atoms with Gasteiger partial charge >= 0.3 is 11.9 Å². The summed E-state index contributed by atoms with van der Waals surface area (Å²) in [6.45, 7) is 7.58. The van der Waals surface area contributed by atoms with Crippen molar-refractivity contribution in [2.75, 3.05) is 6.61 Å². The molecule has 1 aromatic heterocycles. The van der Waals surface area contributed by atoms with Crippen LogP contribution in [0.5, 0.6) is 0 Å². The van der Waals surface area contributed by atoms with Crippen LogP contribution in [-0.2, 0) is 22.5 Å². The van der Waals surface area contributed by atoms with Crippen molar-refractivity contribution in [3.8, 4) is 0 Å². The fourth-order valence-electron chi connectivity index (χ4n) is 2.52. The highest BCUT2D eigenvalue weighted by Crippen LogP contribution is 2.15. The molecule has 7 heteroatoms. The van der Waals surface area contributed by atoms with Crippen molar-refractivity contribution in [2.45, 2.75) is 45.1 Å². The molecule has 0 saturated heterocycles. The minimum Gasteiger partial charge on any atom is -0.481 e. The SMILES string of the molecule is C[Si](C)(C)CCOC(=O)c1cncn1Cc1ccccc1CCC(=O)O. The zero-order chi connectivity index (χ0) is 19.2. The number of ether oxygens (including phenoxy) is 1. The average molecular weight is 375 g/mol. The third-order valence-corrected chi connectivity index (χ3v) is 5.78. The van der Waals surface area contributed by atoms with Crippen LogP contribution in [0.15, 0.2) is 36.8 Å². The first kappa shape index (κ1) is 19.9. The van der Waals surface area contributed by atoms with Crippen molar-refractivity contribution < 1.29 is 19.4 Å². The molecule has 140 valence electrons. The maximum atomic E-state index is 12.4. The Hall–Kier alpha value is -2.41. The Morgan fingerprint density at radius 3 is 2.54 bits per heavy atom. The normalized spacial score (nSPS) is 11.3. The topological polar surface area (TPSA) is 81.4 Å². The monoisotopic (exact) mass is 374 g/mol. The van der Waals surface area contributed by atoms with Crippen molar-refractivity contribution in [2.24, 2.45) is 0 Å². The Kier molecular flexibility index (Phi) is 6.74. The van der Waals surface area contributed by atoms with E-state index < -0.39 is 14.0 Å². The van der Waals surface area contributed by atoms with Crippen LogP contribution in [-0.4, -0.2) is 41.3 Å². The smallest absolute Gasteiger partial charge is 0.356 e. The first-order chi connectivity index (χ1) is 12.3. The van der Waals surface area contributed by atoms with E-state index in [4.69, 9.17) is 9.84 Å². The number of aryl methyl sites for hydroxylation is 1. The van der Waals surface area contributed by atoms with E-state index in [0.717, 1.165) is 17.2 Å². The third kappa shape index (κ3) is 6.14. The molecular weight excluding hydrogens is 348 g/mol. The lowest BCUT2D eigenvalue weighted by molar-refractivity contribution is -0.136. The van der Waals surface area contributed by atoms with E-state index in [1.54, 1.807) is 10.9 Å². The lowest BCUT2D eigenvalue weighted by Crippen LogP contribution is -2.23. The molecule has 2 aromatic rings. The fourth-order valence-corrected chi connectivity index (χ4v) is 3.24. The number of carboxylic acid groups (broad SMARTS) is 1. The average Bonchev–Trinajstić information content (AvgIpc) is 3.01. The van der Waals surface area contributed by atoms with Crippen molar-refractivity contribution in [1.82, 2.24) is 9.55 Å². The summed E-state index contributed by atoms with van der Waals surface area (Å²) in [5.74, 6) is -1.20. The van der Waals surface area contributed by atoms with Crippen LogP contribution in [0.25, 0.3) is 0 Å². The van der Waals surface area contributed by atoms with Crippen molar-refractivity contribution in [3.05, 3.63) is 53.6 Å². The molecule has 0 radical (unpaired) electrons. The molecule has 6 nitrogen and oxygen atoms in total.